The standard InChI is InChI=1S/C22H39NO/c1-4-5-6-7-8-9-10-11-15-18-22(2,3)23-19-20-24-21-16-13-12-14-17-21/h12-14,16-17,23H,4-11,15,18-20H2,1-3H3. The van der Waals surface area contributed by atoms with Crippen LogP contribution in [0.15, 0.2) is 30.3 Å². The monoisotopic (exact) mass is 333 g/mol. The molecule has 0 aliphatic carbocycles. The molecule has 0 heterocycles. The Balaban J connectivity index is 1.95. The Kier molecular flexibility index (Phi) is 11.6. The van der Waals surface area contributed by atoms with Crippen molar-refractivity contribution >= 4 is 0 Å². The fraction of sp³-hybridized carbons (Fsp3) is 0.727. The second-order valence-corrected chi connectivity index (χ2v) is 7.55. The maximum Gasteiger partial charge on any atom is 0.119 e. The van der Waals surface area contributed by atoms with Crippen LogP contribution < -0.4 is 10.1 Å². The molecule has 2 nitrogen and oxygen atoms in total. The Morgan fingerprint density at radius 3 is 2.04 bits per heavy atom. The Labute approximate surface area is 150 Å². The van der Waals surface area contributed by atoms with Gasteiger partial charge in [0.15, 0.2) is 0 Å². The molecule has 0 bridgehead atoms. The first-order chi connectivity index (χ1) is 11.6. The Hall–Kier alpha value is -1.02. The third-order valence-corrected chi connectivity index (χ3v) is 4.62. The fourth-order valence-corrected chi connectivity index (χ4v) is 3.04. The molecular formula is C22H39NO. The first-order valence-electron chi connectivity index (χ1n) is 10.1. The molecule has 1 N–H and O–H groups in total. The van der Waals surface area contributed by atoms with Crippen LogP contribution in [0.1, 0.15) is 85.0 Å². The summed E-state index contributed by atoms with van der Waals surface area (Å²) in [7, 11) is 0. The summed E-state index contributed by atoms with van der Waals surface area (Å²) < 4.78 is 5.74. The molecule has 1 aromatic rings. The van der Waals surface area contributed by atoms with Crippen molar-refractivity contribution in [1.82, 2.24) is 5.32 Å². The van der Waals surface area contributed by atoms with Gasteiger partial charge in [-0.1, -0.05) is 82.9 Å². The molecule has 24 heavy (non-hydrogen) atoms. The number of para-hydroxylation sites is 1. The van der Waals surface area contributed by atoms with E-state index >= 15 is 0 Å². The number of nitrogens with one attached hydrogen (secondary N) is 1. The smallest absolute Gasteiger partial charge is 0.119 e. The number of hydrogen-bond acceptors (Lipinski definition) is 2. The van der Waals surface area contributed by atoms with Gasteiger partial charge in [-0.15, -0.1) is 0 Å². The largest absolute Gasteiger partial charge is 0.492 e. The van der Waals surface area contributed by atoms with E-state index in [1.165, 1.54) is 64.2 Å². The van der Waals surface area contributed by atoms with Crippen LogP contribution in [0.3, 0.4) is 0 Å². The van der Waals surface area contributed by atoms with Gasteiger partial charge in [0.2, 0.25) is 0 Å². The number of unbranched alkanes of at least 4 members (excludes halogenated alkanes) is 8. The molecule has 0 unspecified atom stereocenters. The zero-order valence-corrected chi connectivity index (χ0v) is 16.3. The van der Waals surface area contributed by atoms with E-state index in [0.717, 1.165) is 18.9 Å². The highest BCUT2D eigenvalue weighted by Gasteiger charge is 2.15. The third kappa shape index (κ3) is 11.5. The molecule has 138 valence electrons. The van der Waals surface area contributed by atoms with Crippen molar-refractivity contribution in [3.63, 3.8) is 0 Å². The molecule has 0 aliphatic heterocycles. The Morgan fingerprint density at radius 2 is 1.42 bits per heavy atom. The topological polar surface area (TPSA) is 21.3 Å². The van der Waals surface area contributed by atoms with E-state index in [4.69, 9.17) is 4.74 Å². The second kappa shape index (κ2) is 13.3. The highest BCUT2D eigenvalue weighted by molar-refractivity contribution is 5.20. The molecular weight excluding hydrogens is 294 g/mol. The van der Waals surface area contributed by atoms with Gasteiger partial charge < -0.3 is 10.1 Å². The van der Waals surface area contributed by atoms with Crippen molar-refractivity contribution in [2.24, 2.45) is 0 Å². The SMILES string of the molecule is CCCCCCCCCCCC(C)(C)NCCOc1ccccc1. The molecule has 1 rings (SSSR count). The van der Waals surface area contributed by atoms with Gasteiger partial charge >= 0.3 is 0 Å². The van der Waals surface area contributed by atoms with Gasteiger partial charge in [-0.05, 0) is 32.4 Å². The molecule has 0 fully saturated rings. The maximum atomic E-state index is 5.74. The van der Waals surface area contributed by atoms with E-state index in [9.17, 15) is 0 Å². The zero-order valence-electron chi connectivity index (χ0n) is 16.3. The van der Waals surface area contributed by atoms with Gasteiger partial charge in [-0.3, -0.25) is 0 Å². The van der Waals surface area contributed by atoms with E-state index in [0.29, 0.717) is 0 Å². The van der Waals surface area contributed by atoms with Crippen LogP contribution >= 0.6 is 0 Å². The molecule has 0 aromatic heterocycles. The Morgan fingerprint density at radius 1 is 0.833 bits per heavy atom. The van der Waals surface area contributed by atoms with Crippen molar-refractivity contribution in [3.8, 4) is 5.75 Å². The van der Waals surface area contributed by atoms with Crippen LogP contribution in [0.4, 0.5) is 0 Å². The lowest BCUT2D eigenvalue weighted by Gasteiger charge is -2.26. The molecule has 0 aliphatic rings. The van der Waals surface area contributed by atoms with Crippen molar-refractivity contribution in [2.45, 2.75) is 90.5 Å². The molecule has 0 amide bonds. The summed E-state index contributed by atoms with van der Waals surface area (Å²) in [5, 5.41) is 3.63. The van der Waals surface area contributed by atoms with E-state index in [-0.39, 0.29) is 5.54 Å². The van der Waals surface area contributed by atoms with E-state index < -0.39 is 0 Å². The Bertz CT molecular complexity index is 388. The molecule has 0 saturated heterocycles. The minimum Gasteiger partial charge on any atom is -0.492 e. The van der Waals surface area contributed by atoms with Gasteiger partial charge in [-0.2, -0.15) is 0 Å². The summed E-state index contributed by atoms with van der Waals surface area (Å²) in [6.45, 7) is 8.52. The average Bonchev–Trinajstić information content (AvgIpc) is 2.58. The fourth-order valence-electron chi connectivity index (χ4n) is 3.04. The number of benzene rings is 1. The van der Waals surface area contributed by atoms with E-state index in [1.54, 1.807) is 0 Å². The van der Waals surface area contributed by atoms with Crippen LogP contribution in [-0.2, 0) is 0 Å². The van der Waals surface area contributed by atoms with Crippen molar-refractivity contribution < 1.29 is 4.74 Å². The molecule has 1 aromatic carbocycles. The predicted molar refractivity (Wildman–Crippen MR) is 106 cm³/mol. The molecule has 0 radical (unpaired) electrons. The van der Waals surface area contributed by atoms with Crippen molar-refractivity contribution in [3.05, 3.63) is 30.3 Å². The van der Waals surface area contributed by atoms with Crippen LogP contribution in [0, 0.1) is 0 Å². The molecule has 0 saturated carbocycles. The summed E-state index contributed by atoms with van der Waals surface area (Å²) in [6.07, 6.45) is 13.8. The minimum absolute atomic E-state index is 0.209. The zero-order chi connectivity index (χ0) is 17.5. The quantitative estimate of drug-likeness (QED) is 0.377. The summed E-state index contributed by atoms with van der Waals surface area (Å²) in [4.78, 5) is 0. The predicted octanol–water partition coefficient (Wildman–Crippen LogP) is 6.35. The lowest BCUT2D eigenvalue weighted by molar-refractivity contribution is 0.274. The van der Waals surface area contributed by atoms with E-state index in [1.807, 2.05) is 30.3 Å². The summed E-state index contributed by atoms with van der Waals surface area (Å²) in [5.41, 5.74) is 0.209. The highest BCUT2D eigenvalue weighted by atomic mass is 16.5. The van der Waals surface area contributed by atoms with Gasteiger partial charge in [0.1, 0.15) is 12.4 Å². The normalized spacial score (nSPS) is 11.6. The average molecular weight is 334 g/mol. The van der Waals surface area contributed by atoms with Gasteiger partial charge in [-0.25, -0.2) is 0 Å². The molecule has 0 atom stereocenters. The summed E-state index contributed by atoms with van der Waals surface area (Å²) >= 11 is 0. The maximum absolute atomic E-state index is 5.74. The lowest BCUT2D eigenvalue weighted by atomic mass is 9.96. The van der Waals surface area contributed by atoms with Crippen LogP contribution in [0.5, 0.6) is 5.75 Å². The summed E-state index contributed by atoms with van der Waals surface area (Å²) in [5.74, 6) is 0.955. The second-order valence-electron chi connectivity index (χ2n) is 7.55. The van der Waals surface area contributed by atoms with Crippen LogP contribution in [0.2, 0.25) is 0 Å². The van der Waals surface area contributed by atoms with Crippen molar-refractivity contribution in [2.75, 3.05) is 13.2 Å². The van der Waals surface area contributed by atoms with Crippen LogP contribution in [-0.4, -0.2) is 18.7 Å². The van der Waals surface area contributed by atoms with Gasteiger partial charge in [0.25, 0.3) is 0 Å². The van der Waals surface area contributed by atoms with Gasteiger partial charge in [0.05, 0.1) is 0 Å². The summed E-state index contributed by atoms with van der Waals surface area (Å²) in [6, 6.07) is 10.0. The number of ether oxygens (including phenoxy) is 1. The number of hydrogen-bond donors (Lipinski definition) is 1. The minimum atomic E-state index is 0.209. The molecule has 0 spiro atoms. The van der Waals surface area contributed by atoms with Gasteiger partial charge in [0, 0.05) is 12.1 Å². The first-order valence-corrected chi connectivity index (χ1v) is 10.1. The van der Waals surface area contributed by atoms with Crippen LogP contribution in [0.25, 0.3) is 0 Å². The highest BCUT2D eigenvalue weighted by Crippen LogP contribution is 2.16. The lowest BCUT2D eigenvalue weighted by Crippen LogP contribution is -2.41. The van der Waals surface area contributed by atoms with Crippen molar-refractivity contribution in [1.29, 1.82) is 0 Å². The third-order valence-electron chi connectivity index (χ3n) is 4.62. The first kappa shape index (κ1) is 21.0. The molecule has 2 heteroatoms. The number of rotatable bonds is 15. The van der Waals surface area contributed by atoms with E-state index in [2.05, 4.69) is 26.1 Å².